The topological polar surface area (TPSA) is 29.1 Å². The van der Waals surface area contributed by atoms with Crippen molar-refractivity contribution in [1.82, 2.24) is 5.32 Å². The first-order valence-electron chi connectivity index (χ1n) is 2.65. The van der Waals surface area contributed by atoms with Gasteiger partial charge in [0.25, 0.3) is 0 Å². The molecular formula is C5H7Br2NO. The molecule has 4 heteroatoms. The van der Waals surface area contributed by atoms with Crippen LogP contribution in [0.25, 0.3) is 0 Å². The van der Waals surface area contributed by atoms with Crippen molar-refractivity contribution in [1.29, 1.82) is 0 Å². The van der Waals surface area contributed by atoms with Gasteiger partial charge in [0.15, 0.2) is 0 Å². The minimum absolute atomic E-state index is 0.149. The second-order valence-electron chi connectivity index (χ2n) is 2.23. The smallest absolute Gasteiger partial charge is 0.229 e. The molecule has 0 aromatic rings. The Morgan fingerprint density at radius 3 is 2.11 bits per heavy atom. The second-order valence-corrected chi connectivity index (χ2v) is 3.35. The van der Waals surface area contributed by atoms with Gasteiger partial charge in [-0.25, -0.2) is 0 Å². The SMILES string of the molecule is O=C1NCC1(CBr)CBr. The van der Waals surface area contributed by atoms with Crippen LogP contribution in [0.3, 0.4) is 0 Å². The van der Waals surface area contributed by atoms with E-state index in [1.807, 2.05) is 0 Å². The van der Waals surface area contributed by atoms with Gasteiger partial charge in [-0.3, -0.25) is 4.79 Å². The Morgan fingerprint density at radius 1 is 1.56 bits per heavy atom. The number of rotatable bonds is 2. The number of alkyl halides is 2. The molecule has 1 aliphatic heterocycles. The van der Waals surface area contributed by atoms with Gasteiger partial charge in [0, 0.05) is 17.2 Å². The van der Waals surface area contributed by atoms with E-state index >= 15 is 0 Å². The van der Waals surface area contributed by atoms with E-state index in [0.29, 0.717) is 0 Å². The number of carbonyl (C=O) groups excluding carboxylic acids is 1. The Hall–Kier alpha value is 0.430. The lowest BCUT2D eigenvalue weighted by molar-refractivity contribution is -0.136. The first-order chi connectivity index (χ1) is 4.25. The Kier molecular flexibility index (Phi) is 2.16. The highest BCUT2D eigenvalue weighted by atomic mass is 79.9. The molecule has 1 aliphatic rings. The van der Waals surface area contributed by atoms with Crippen molar-refractivity contribution in [2.45, 2.75) is 0 Å². The number of amides is 1. The molecule has 0 aliphatic carbocycles. The molecule has 9 heavy (non-hydrogen) atoms. The Morgan fingerprint density at radius 2 is 2.11 bits per heavy atom. The zero-order chi connectivity index (χ0) is 6.91. The van der Waals surface area contributed by atoms with Crippen LogP contribution in [0.5, 0.6) is 0 Å². The fourth-order valence-electron chi connectivity index (χ4n) is 0.662. The number of hydrogen-bond donors (Lipinski definition) is 1. The molecule has 1 N–H and O–H groups in total. The van der Waals surface area contributed by atoms with Crippen LogP contribution in [0.2, 0.25) is 0 Å². The van der Waals surface area contributed by atoms with Gasteiger partial charge in [-0.05, 0) is 0 Å². The van der Waals surface area contributed by atoms with E-state index in [4.69, 9.17) is 0 Å². The third-order valence-corrected chi connectivity index (χ3v) is 3.73. The van der Waals surface area contributed by atoms with Crippen LogP contribution in [-0.4, -0.2) is 23.1 Å². The van der Waals surface area contributed by atoms with Crippen molar-refractivity contribution >= 4 is 37.8 Å². The third-order valence-electron chi connectivity index (χ3n) is 1.58. The van der Waals surface area contributed by atoms with Gasteiger partial charge in [0.05, 0.1) is 5.41 Å². The molecule has 1 rings (SSSR count). The average molecular weight is 257 g/mol. The molecule has 0 aromatic heterocycles. The fourth-order valence-corrected chi connectivity index (χ4v) is 2.50. The van der Waals surface area contributed by atoms with Crippen LogP contribution in [-0.2, 0) is 4.79 Å². The Labute approximate surface area is 70.6 Å². The van der Waals surface area contributed by atoms with Gasteiger partial charge < -0.3 is 5.32 Å². The van der Waals surface area contributed by atoms with E-state index < -0.39 is 0 Å². The van der Waals surface area contributed by atoms with E-state index in [1.165, 1.54) is 0 Å². The van der Waals surface area contributed by atoms with E-state index in [0.717, 1.165) is 17.2 Å². The summed E-state index contributed by atoms with van der Waals surface area (Å²) >= 11 is 6.59. The molecule has 0 atom stereocenters. The second kappa shape index (κ2) is 2.58. The summed E-state index contributed by atoms with van der Waals surface area (Å²) in [5, 5.41) is 4.20. The quantitative estimate of drug-likeness (QED) is 0.577. The Balaban J connectivity index is 2.58. The van der Waals surface area contributed by atoms with E-state index in [1.54, 1.807) is 0 Å². The van der Waals surface area contributed by atoms with Crippen LogP contribution in [0, 0.1) is 5.41 Å². The molecule has 0 radical (unpaired) electrons. The molecule has 1 heterocycles. The summed E-state index contributed by atoms with van der Waals surface area (Å²) < 4.78 is 0. The highest BCUT2D eigenvalue weighted by molar-refractivity contribution is 9.09. The average Bonchev–Trinajstić information content (AvgIpc) is 1.89. The van der Waals surface area contributed by atoms with Gasteiger partial charge in [0.1, 0.15) is 0 Å². The van der Waals surface area contributed by atoms with Crippen LogP contribution < -0.4 is 5.32 Å². The van der Waals surface area contributed by atoms with Gasteiger partial charge in [-0.15, -0.1) is 0 Å². The van der Waals surface area contributed by atoms with Gasteiger partial charge in [0.2, 0.25) is 5.91 Å². The summed E-state index contributed by atoms with van der Waals surface area (Å²) in [6, 6.07) is 0. The molecule has 1 amide bonds. The van der Waals surface area contributed by atoms with Crippen molar-refractivity contribution in [2.24, 2.45) is 5.41 Å². The monoisotopic (exact) mass is 255 g/mol. The summed E-state index contributed by atoms with van der Waals surface area (Å²) in [5.41, 5.74) is -0.153. The largest absolute Gasteiger partial charge is 0.354 e. The fraction of sp³-hybridized carbons (Fsp3) is 0.800. The van der Waals surface area contributed by atoms with Gasteiger partial charge in [-0.1, -0.05) is 31.9 Å². The molecule has 0 aromatic carbocycles. The summed E-state index contributed by atoms with van der Waals surface area (Å²) in [6.07, 6.45) is 0. The molecule has 1 fully saturated rings. The minimum Gasteiger partial charge on any atom is -0.354 e. The maximum Gasteiger partial charge on any atom is 0.229 e. The third kappa shape index (κ3) is 1.03. The maximum absolute atomic E-state index is 10.8. The lowest BCUT2D eigenvalue weighted by Gasteiger charge is -2.37. The van der Waals surface area contributed by atoms with Gasteiger partial charge in [-0.2, -0.15) is 0 Å². The number of halogens is 2. The Bertz CT molecular complexity index is 127. The van der Waals surface area contributed by atoms with E-state index in [9.17, 15) is 4.79 Å². The molecule has 2 nitrogen and oxygen atoms in total. The van der Waals surface area contributed by atoms with E-state index in [-0.39, 0.29) is 11.3 Å². The summed E-state index contributed by atoms with van der Waals surface area (Å²) in [4.78, 5) is 10.8. The highest BCUT2D eigenvalue weighted by Crippen LogP contribution is 2.28. The zero-order valence-electron chi connectivity index (χ0n) is 4.79. The summed E-state index contributed by atoms with van der Waals surface area (Å²) in [7, 11) is 0. The van der Waals surface area contributed by atoms with Crippen LogP contribution >= 0.6 is 31.9 Å². The normalized spacial score (nSPS) is 22.7. The summed E-state index contributed by atoms with van der Waals surface area (Å²) in [6.45, 7) is 0.794. The molecule has 0 saturated carbocycles. The zero-order valence-corrected chi connectivity index (χ0v) is 7.96. The first kappa shape index (κ1) is 7.54. The van der Waals surface area contributed by atoms with Crippen molar-refractivity contribution in [3.63, 3.8) is 0 Å². The molecule has 0 unspecified atom stereocenters. The molecular weight excluding hydrogens is 250 g/mol. The first-order valence-corrected chi connectivity index (χ1v) is 4.90. The predicted octanol–water partition coefficient (Wildman–Crippen LogP) is 0.892. The van der Waals surface area contributed by atoms with Crippen molar-refractivity contribution in [2.75, 3.05) is 17.2 Å². The highest BCUT2D eigenvalue weighted by Gasteiger charge is 2.44. The number of hydrogen-bond acceptors (Lipinski definition) is 1. The molecule has 0 spiro atoms. The minimum atomic E-state index is -0.153. The van der Waals surface area contributed by atoms with Crippen molar-refractivity contribution < 1.29 is 4.79 Å². The van der Waals surface area contributed by atoms with Crippen LogP contribution in [0.4, 0.5) is 0 Å². The maximum atomic E-state index is 10.8. The number of β-lactam (4-membered cyclic amide) rings is 1. The molecule has 0 bridgehead atoms. The lowest BCUT2D eigenvalue weighted by atomic mass is 9.86. The number of nitrogens with one attached hydrogen (secondary N) is 1. The standard InChI is InChI=1S/C5H7Br2NO/c6-1-5(2-7)3-8-4(5)9/h1-3H2,(H,8,9). The van der Waals surface area contributed by atoms with Crippen molar-refractivity contribution in [3.05, 3.63) is 0 Å². The summed E-state index contributed by atoms with van der Waals surface area (Å²) in [5.74, 6) is 0.149. The molecule has 1 saturated heterocycles. The van der Waals surface area contributed by atoms with Crippen molar-refractivity contribution in [3.8, 4) is 0 Å². The van der Waals surface area contributed by atoms with Crippen LogP contribution in [0.1, 0.15) is 0 Å². The predicted molar refractivity (Wildman–Crippen MR) is 43.0 cm³/mol. The molecule has 52 valence electrons. The van der Waals surface area contributed by atoms with Crippen LogP contribution in [0.15, 0.2) is 0 Å². The lowest BCUT2D eigenvalue weighted by Crippen LogP contribution is -2.61. The van der Waals surface area contributed by atoms with E-state index in [2.05, 4.69) is 37.2 Å². The van der Waals surface area contributed by atoms with Gasteiger partial charge >= 0.3 is 0 Å². The number of carbonyl (C=O) groups is 1.